The van der Waals surface area contributed by atoms with E-state index in [1.54, 1.807) is 21.3 Å². The first-order valence-electron chi connectivity index (χ1n) is 18.4. The Kier molecular flexibility index (Phi) is 16.6. The molecule has 9 heteroatoms. The van der Waals surface area contributed by atoms with Crippen molar-refractivity contribution in [2.75, 3.05) is 33.4 Å². The number of anilines is 1. The van der Waals surface area contributed by atoms with Gasteiger partial charge in [0.15, 0.2) is 8.32 Å². The number of hydrogen-bond acceptors (Lipinski definition) is 7. The molecular weight excluding hydrogens is 659 g/mol. The maximum absolute atomic E-state index is 13.5. The Hall–Kier alpha value is -2.79. The number of amides is 1. The van der Waals surface area contributed by atoms with Crippen LogP contribution in [0.5, 0.6) is 5.75 Å². The Morgan fingerprint density at radius 1 is 0.941 bits per heavy atom. The van der Waals surface area contributed by atoms with Crippen molar-refractivity contribution in [1.82, 2.24) is 0 Å². The molecule has 3 rings (SSSR count). The van der Waals surface area contributed by atoms with Crippen LogP contribution >= 0.6 is 0 Å². The molecule has 1 aliphatic rings. The standard InChI is InChI=1S/C42H65NO7Si/c1-29-21-34-24-35(26-36(25-34)48-27-33-18-14-13-15-19-33)43-41(44)30(2)17-16-20-37(46-9)40(50-51(11,12)42(5,6)7)32(4)23-31(3)39(49-28-45-8)38(22-29)47-10/h13-15,17-19,23-26,29,31,37-40H,16,20-22,27-28H2,1-12H3,(H,43,44)/b30-17+,32-23+/t29-,31+,37+,38+,39-,40+/m1/s1. The maximum Gasteiger partial charge on any atom is 0.250 e. The third-order valence-corrected chi connectivity index (χ3v) is 14.8. The van der Waals surface area contributed by atoms with Gasteiger partial charge in [0, 0.05) is 44.6 Å². The molecule has 0 fully saturated rings. The van der Waals surface area contributed by atoms with E-state index in [1.165, 1.54) is 0 Å². The van der Waals surface area contributed by atoms with Gasteiger partial charge in [-0.15, -0.1) is 0 Å². The van der Waals surface area contributed by atoms with E-state index in [1.807, 2.05) is 55.5 Å². The van der Waals surface area contributed by atoms with Crippen LogP contribution < -0.4 is 10.1 Å². The number of carbonyl (C=O) groups is 1. The van der Waals surface area contributed by atoms with Gasteiger partial charge in [0.1, 0.15) is 19.1 Å². The van der Waals surface area contributed by atoms with Crippen LogP contribution in [-0.4, -0.2) is 66.8 Å². The lowest BCUT2D eigenvalue weighted by Crippen LogP contribution is -2.48. The molecule has 1 amide bonds. The summed E-state index contributed by atoms with van der Waals surface area (Å²) in [5, 5.41) is 3.15. The maximum atomic E-state index is 13.5. The van der Waals surface area contributed by atoms with Gasteiger partial charge in [-0.1, -0.05) is 77.1 Å². The van der Waals surface area contributed by atoms with E-state index in [0.717, 1.165) is 29.5 Å². The Labute approximate surface area is 309 Å². The molecule has 2 aromatic carbocycles. The van der Waals surface area contributed by atoms with Crippen molar-refractivity contribution in [3.63, 3.8) is 0 Å². The number of benzene rings is 2. The average Bonchev–Trinajstić information content (AvgIpc) is 3.07. The lowest BCUT2D eigenvalue weighted by Gasteiger charge is -2.42. The number of methoxy groups -OCH3 is 3. The second-order valence-electron chi connectivity index (χ2n) is 15.8. The molecule has 8 nitrogen and oxygen atoms in total. The molecule has 284 valence electrons. The first kappa shape index (κ1) is 42.6. The molecule has 0 aromatic heterocycles. The Morgan fingerprint density at radius 2 is 1.63 bits per heavy atom. The predicted molar refractivity (Wildman–Crippen MR) is 210 cm³/mol. The van der Waals surface area contributed by atoms with Crippen molar-refractivity contribution in [1.29, 1.82) is 0 Å². The minimum absolute atomic E-state index is 0.00677. The SMILES string of the molecule is COCO[C@H]1[C@@H](OC)C[C@H](C)Cc2cc(cc(OCc3ccccc3)c2)NC(=O)/C(C)=C/CC[C@H](OC)[C@@H](O[Si](C)(C)C(C)(C)C)/C(C)=C/[C@@H]1C. The van der Waals surface area contributed by atoms with Crippen LogP contribution in [0.25, 0.3) is 0 Å². The lowest BCUT2D eigenvalue weighted by molar-refractivity contribution is -0.136. The largest absolute Gasteiger partial charge is 0.489 e. The molecule has 0 unspecified atom stereocenters. The topological polar surface area (TPSA) is 84.5 Å². The lowest BCUT2D eigenvalue weighted by atomic mass is 9.88. The molecule has 0 saturated carbocycles. The molecule has 6 atom stereocenters. The number of rotatable bonds is 10. The highest BCUT2D eigenvalue weighted by Gasteiger charge is 2.41. The third kappa shape index (κ3) is 13.0. The molecule has 0 aliphatic carbocycles. The molecular formula is C42H65NO7Si. The summed E-state index contributed by atoms with van der Waals surface area (Å²) in [6.45, 7) is 20.3. The summed E-state index contributed by atoms with van der Waals surface area (Å²) in [4.78, 5) is 13.5. The second kappa shape index (κ2) is 19.9. The van der Waals surface area contributed by atoms with Gasteiger partial charge in [0.2, 0.25) is 0 Å². The minimum atomic E-state index is -2.19. The van der Waals surface area contributed by atoms with E-state index >= 15 is 0 Å². The number of nitrogens with one attached hydrogen (secondary N) is 1. The number of hydrogen-bond donors (Lipinski definition) is 1. The molecule has 2 aromatic rings. The van der Waals surface area contributed by atoms with Crippen molar-refractivity contribution in [3.05, 3.63) is 83.0 Å². The van der Waals surface area contributed by atoms with E-state index in [0.29, 0.717) is 36.5 Å². The van der Waals surface area contributed by atoms with Gasteiger partial charge >= 0.3 is 0 Å². The summed E-state index contributed by atoms with van der Waals surface area (Å²) in [5.74, 6) is 0.788. The first-order chi connectivity index (χ1) is 24.1. The van der Waals surface area contributed by atoms with Gasteiger partial charge < -0.3 is 33.4 Å². The number of ether oxygens (including phenoxy) is 5. The van der Waals surface area contributed by atoms with Gasteiger partial charge in [-0.3, -0.25) is 4.79 Å². The zero-order valence-corrected chi connectivity index (χ0v) is 34.3. The molecule has 0 saturated heterocycles. The smallest absolute Gasteiger partial charge is 0.250 e. The van der Waals surface area contributed by atoms with E-state index in [9.17, 15) is 4.79 Å². The Bertz CT molecular complexity index is 1430. The summed E-state index contributed by atoms with van der Waals surface area (Å²) in [7, 11) is 2.95. The average molecular weight is 724 g/mol. The molecule has 0 radical (unpaired) electrons. The van der Waals surface area contributed by atoms with Crippen LogP contribution in [0.15, 0.2) is 71.8 Å². The van der Waals surface area contributed by atoms with Gasteiger partial charge in [-0.05, 0) is 92.4 Å². The molecule has 1 heterocycles. The molecule has 1 N–H and O–H groups in total. The van der Waals surface area contributed by atoms with Crippen LogP contribution in [0.2, 0.25) is 18.1 Å². The van der Waals surface area contributed by atoms with Crippen molar-refractivity contribution < 1.29 is 32.9 Å². The van der Waals surface area contributed by atoms with Crippen molar-refractivity contribution in [3.8, 4) is 5.75 Å². The highest BCUT2D eigenvalue weighted by atomic mass is 28.4. The van der Waals surface area contributed by atoms with Crippen molar-refractivity contribution in [2.45, 2.75) is 123 Å². The summed E-state index contributed by atoms with van der Waals surface area (Å²) in [5.41, 5.74) is 4.60. The van der Waals surface area contributed by atoms with Crippen LogP contribution in [-0.2, 0) is 41.2 Å². The van der Waals surface area contributed by atoms with Crippen LogP contribution in [0.3, 0.4) is 0 Å². The normalized spacial score (nSPS) is 26.8. The second-order valence-corrected chi connectivity index (χ2v) is 20.5. The van der Waals surface area contributed by atoms with Crippen LogP contribution in [0, 0.1) is 11.8 Å². The fraction of sp³-hybridized carbons (Fsp3) is 0.595. The summed E-state index contributed by atoms with van der Waals surface area (Å²) in [6.07, 6.45) is 6.20. The third-order valence-electron chi connectivity index (χ3n) is 10.4. The van der Waals surface area contributed by atoms with E-state index in [-0.39, 0.29) is 54.0 Å². The summed E-state index contributed by atoms with van der Waals surface area (Å²) >= 11 is 0. The fourth-order valence-corrected chi connectivity index (χ4v) is 7.73. The van der Waals surface area contributed by atoms with E-state index in [4.69, 9.17) is 28.1 Å². The Balaban J connectivity index is 2.06. The van der Waals surface area contributed by atoms with Crippen molar-refractivity contribution >= 4 is 19.9 Å². The van der Waals surface area contributed by atoms with Gasteiger partial charge in [0.05, 0.1) is 24.4 Å². The number of fused-ring (bicyclic) bond motifs is 2. The summed E-state index contributed by atoms with van der Waals surface area (Å²) in [6, 6.07) is 16.1. The molecule has 2 bridgehead atoms. The van der Waals surface area contributed by atoms with Crippen LogP contribution in [0.4, 0.5) is 5.69 Å². The zero-order chi connectivity index (χ0) is 37.8. The molecule has 51 heavy (non-hydrogen) atoms. The van der Waals surface area contributed by atoms with Crippen LogP contribution in [0.1, 0.15) is 78.9 Å². The monoisotopic (exact) mass is 723 g/mol. The zero-order valence-electron chi connectivity index (χ0n) is 33.3. The number of allylic oxidation sites excluding steroid dienone is 1. The highest BCUT2D eigenvalue weighted by Crippen LogP contribution is 2.39. The Morgan fingerprint density at radius 3 is 2.25 bits per heavy atom. The predicted octanol–water partition coefficient (Wildman–Crippen LogP) is 9.50. The van der Waals surface area contributed by atoms with E-state index in [2.05, 4.69) is 72.1 Å². The van der Waals surface area contributed by atoms with Gasteiger partial charge in [-0.2, -0.15) is 0 Å². The number of carbonyl (C=O) groups excluding carboxylic acids is 1. The highest BCUT2D eigenvalue weighted by molar-refractivity contribution is 6.74. The molecule has 1 aliphatic heterocycles. The van der Waals surface area contributed by atoms with Gasteiger partial charge in [0.25, 0.3) is 5.91 Å². The summed E-state index contributed by atoms with van der Waals surface area (Å²) < 4.78 is 37.5. The van der Waals surface area contributed by atoms with Gasteiger partial charge in [-0.25, -0.2) is 0 Å². The molecule has 0 spiro atoms. The van der Waals surface area contributed by atoms with E-state index < -0.39 is 8.32 Å². The van der Waals surface area contributed by atoms with Crippen molar-refractivity contribution in [2.24, 2.45) is 11.8 Å². The fourth-order valence-electron chi connectivity index (χ4n) is 6.41. The quantitative estimate of drug-likeness (QED) is 0.149. The first-order valence-corrected chi connectivity index (χ1v) is 21.3. The minimum Gasteiger partial charge on any atom is -0.489 e.